The number of nitrogens with two attached hydrogens (primary N) is 2. The molecular weight excluding hydrogens is 278 g/mol. The van der Waals surface area contributed by atoms with Crippen molar-refractivity contribution >= 4 is 27.9 Å². The molecule has 0 spiro atoms. The molecule has 0 radical (unpaired) electrons. The highest BCUT2D eigenvalue weighted by Gasteiger charge is 2.24. The van der Waals surface area contributed by atoms with Gasteiger partial charge in [0.1, 0.15) is 15.6 Å². The first kappa shape index (κ1) is 14.9. The molecule has 1 saturated heterocycles. The molecule has 1 aliphatic heterocycles. The Balaban J connectivity index is 2.17. The highest BCUT2D eigenvalue weighted by molar-refractivity contribution is 7.19. The molecule has 1 aliphatic rings. The van der Waals surface area contributed by atoms with Crippen LogP contribution >= 0.6 is 11.3 Å². The summed E-state index contributed by atoms with van der Waals surface area (Å²) in [6.07, 6.45) is 2.10. The van der Waals surface area contributed by atoms with E-state index in [9.17, 15) is 4.79 Å². The van der Waals surface area contributed by atoms with Crippen LogP contribution in [-0.4, -0.2) is 39.8 Å². The minimum atomic E-state index is -0.517. The van der Waals surface area contributed by atoms with Crippen LogP contribution in [0.3, 0.4) is 0 Å². The van der Waals surface area contributed by atoms with Gasteiger partial charge < -0.3 is 25.8 Å². The van der Waals surface area contributed by atoms with E-state index in [2.05, 4.69) is 4.90 Å². The van der Waals surface area contributed by atoms with Crippen LogP contribution in [0.4, 0.5) is 10.7 Å². The highest BCUT2D eigenvalue weighted by atomic mass is 32.1. The second-order valence-electron chi connectivity index (χ2n) is 4.98. The molecule has 2 rings (SSSR count). The maximum Gasteiger partial charge on any atom is 0.261 e. The van der Waals surface area contributed by atoms with E-state index in [1.54, 1.807) is 7.11 Å². The van der Waals surface area contributed by atoms with Crippen LogP contribution in [0, 0.1) is 5.92 Å². The zero-order valence-corrected chi connectivity index (χ0v) is 12.7. The van der Waals surface area contributed by atoms with E-state index in [0.29, 0.717) is 22.2 Å². The lowest BCUT2D eigenvalue weighted by atomic mass is 10.00. The van der Waals surface area contributed by atoms with Gasteiger partial charge in [0.05, 0.1) is 7.11 Å². The molecule has 4 N–H and O–H groups in total. The van der Waals surface area contributed by atoms with Crippen molar-refractivity contribution in [3.05, 3.63) is 4.88 Å². The van der Waals surface area contributed by atoms with Crippen molar-refractivity contribution in [1.29, 1.82) is 0 Å². The maximum absolute atomic E-state index is 11.4. The lowest BCUT2D eigenvalue weighted by Crippen LogP contribution is -2.29. The third-order valence-electron chi connectivity index (χ3n) is 3.53. The summed E-state index contributed by atoms with van der Waals surface area (Å²) in [7, 11) is 3.53. The summed E-state index contributed by atoms with van der Waals surface area (Å²) in [5, 5.41) is 0.852. The van der Waals surface area contributed by atoms with Gasteiger partial charge in [-0.3, -0.25) is 4.79 Å². The first-order chi connectivity index (χ1) is 9.54. The number of rotatable bonds is 5. The molecule has 0 bridgehead atoms. The van der Waals surface area contributed by atoms with E-state index in [1.165, 1.54) is 11.3 Å². The summed E-state index contributed by atoms with van der Waals surface area (Å²) >= 11 is 1.29. The number of ether oxygens (including phenoxy) is 2. The zero-order chi connectivity index (χ0) is 14.7. The van der Waals surface area contributed by atoms with E-state index in [0.717, 1.165) is 37.6 Å². The van der Waals surface area contributed by atoms with E-state index >= 15 is 0 Å². The molecule has 1 fully saturated rings. The fourth-order valence-electron chi connectivity index (χ4n) is 2.45. The second kappa shape index (κ2) is 6.32. The molecule has 0 unspecified atom stereocenters. The number of amides is 1. The largest absolute Gasteiger partial charge is 0.492 e. The Morgan fingerprint density at radius 1 is 1.50 bits per heavy atom. The average molecular weight is 299 g/mol. The number of nitrogen functional groups attached to an aromatic ring is 1. The fourth-order valence-corrected chi connectivity index (χ4v) is 3.46. The van der Waals surface area contributed by atoms with Crippen molar-refractivity contribution in [1.82, 2.24) is 0 Å². The fraction of sp³-hybridized carbons (Fsp3) is 0.615. The van der Waals surface area contributed by atoms with Gasteiger partial charge in [-0.2, -0.15) is 0 Å². The molecular formula is C13H21N3O3S. The number of anilines is 2. The molecule has 6 nitrogen and oxygen atoms in total. The third-order valence-corrected chi connectivity index (χ3v) is 4.85. The molecule has 0 saturated carbocycles. The molecule has 0 aliphatic carbocycles. The summed E-state index contributed by atoms with van der Waals surface area (Å²) < 4.78 is 10.7. The monoisotopic (exact) mass is 299 g/mol. The number of nitrogens with zero attached hydrogens (tertiary/aromatic N) is 1. The summed E-state index contributed by atoms with van der Waals surface area (Å²) in [6.45, 7) is 2.52. The van der Waals surface area contributed by atoms with Crippen molar-refractivity contribution < 1.29 is 14.3 Å². The molecule has 112 valence electrons. The second-order valence-corrected chi connectivity index (χ2v) is 5.98. The SMILES string of the molecule is COc1c(N(C)CC2CCOCC2)sc(C(N)=O)c1N. The van der Waals surface area contributed by atoms with Crippen LogP contribution in [0.2, 0.25) is 0 Å². The van der Waals surface area contributed by atoms with Gasteiger partial charge in [0.15, 0.2) is 5.75 Å². The Labute approximate surface area is 122 Å². The Hall–Kier alpha value is -1.47. The van der Waals surface area contributed by atoms with Gasteiger partial charge in [-0.1, -0.05) is 0 Å². The van der Waals surface area contributed by atoms with E-state index in [4.69, 9.17) is 20.9 Å². The molecule has 0 atom stereocenters. The van der Waals surface area contributed by atoms with Crippen LogP contribution in [0.15, 0.2) is 0 Å². The van der Waals surface area contributed by atoms with Crippen molar-refractivity contribution in [3.8, 4) is 5.75 Å². The number of hydrogen-bond acceptors (Lipinski definition) is 6. The molecule has 20 heavy (non-hydrogen) atoms. The van der Waals surface area contributed by atoms with Gasteiger partial charge in [0.2, 0.25) is 0 Å². The van der Waals surface area contributed by atoms with Crippen LogP contribution in [0.25, 0.3) is 0 Å². The first-order valence-corrected chi connectivity index (χ1v) is 7.41. The van der Waals surface area contributed by atoms with Crippen molar-refractivity contribution in [2.24, 2.45) is 11.7 Å². The number of primary amides is 1. The van der Waals surface area contributed by atoms with Crippen molar-refractivity contribution in [3.63, 3.8) is 0 Å². The van der Waals surface area contributed by atoms with Crippen LogP contribution in [0.5, 0.6) is 5.75 Å². The number of carbonyl (C=O) groups is 1. The topological polar surface area (TPSA) is 90.8 Å². The lowest BCUT2D eigenvalue weighted by molar-refractivity contribution is 0.0685. The summed E-state index contributed by atoms with van der Waals surface area (Å²) in [5.41, 5.74) is 11.6. The molecule has 2 heterocycles. The summed E-state index contributed by atoms with van der Waals surface area (Å²) in [6, 6.07) is 0. The minimum absolute atomic E-state index is 0.332. The van der Waals surface area contributed by atoms with E-state index in [-0.39, 0.29) is 0 Å². The molecule has 1 aromatic rings. The number of carbonyl (C=O) groups excluding carboxylic acids is 1. The normalized spacial score (nSPS) is 16.1. The van der Waals surface area contributed by atoms with Gasteiger partial charge in [-0.25, -0.2) is 0 Å². The third kappa shape index (κ3) is 2.99. The molecule has 1 aromatic heterocycles. The quantitative estimate of drug-likeness (QED) is 0.855. The molecule has 1 amide bonds. The predicted octanol–water partition coefficient (Wildman–Crippen LogP) is 1.30. The Morgan fingerprint density at radius 2 is 2.15 bits per heavy atom. The standard InChI is InChI=1S/C13H21N3O3S/c1-16(7-8-3-5-19-6-4-8)13-10(18-2)9(14)11(20-13)12(15)17/h8H,3-7,14H2,1-2H3,(H2,15,17). The Bertz CT molecular complexity index is 483. The lowest BCUT2D eigenvalue weighted by Gasteiger charge is -2.27. The average Bonchev–Trinajstić information content (AvgIpc) is 2.77. The number of hydrogen-bond donors (Lipinski definition) is 2. The van der Waals surface area contributed by atoms with Gasteiger partial charge in [-0.15, -0.1) is 11.3 Å². The first-order valence-electron chi connectivity index (χ1n) is 6.59. The van der Waals surface area contributed by atoms with E-state index < -0.39 is 5.91 Å². The number of thiophene rings is 1. The van der Waals surface area contributed by atoms with Crippen LogP contribution < -0.4 is 21.1 Å². The van der Waals surface area contributed by atoms with Crippen LogP contribution in [0.1, 0.15) is 22.5 Å². The minimum Gasteiger partial charge on any atom is -0.492 e. The van der Waals surface area contributed by atoms with Crippen LogP contribution in [-0.2, 0) is 4.74 Å². The Morgan fingerprint density at radius 3 is 2.70 bits per heavy atom. The summed E-state index contributed by atoms with van der Waals surface area (Å²) in [5.74, 6) is 0.605. The van der Waals surface area contributed by atoms with Gasteiger partial charge in [0, 0.05) is 26.8 Å². The van der Waals surface area contributed by atoms with Gasteiger partial charge in [-0.05, 0) is 18.8 Å². The van der Waals surface area contributed by atoms with Crippen molar-refractivity contribution in [2.75, 3.05) is 44.5 Å². The predicted molar refractivity (Wildman–Crippen MR) is 80.6 cm³/mol. The number of methoxy groups -OCH3 is 1. The Kier molecular flexibility index (Phi) is 4.72. The molecule has 0 aromatic carbocycles. The van der Waals surface area contributed by atoms with Crippen molar-refractivity contribution in [2.45, 2.75) is 12.8 Å². The highest BCUT2D eigenvalue weighted by Crippen LogP contribution is 2.44. The molecule has 7 heteroatoms. The van der Waals surface area contributed by atoms with E-state index in [1.807, 2.05) is 7.05 Å². The van der Waals surface area contributed by atoms with Gasteiger partial charge >= 0.3 is 0 Å². The maximum atomic E-state index is 11.4. The summed E-state index contributed by atoms with van der Waals surface area (Å²) in [4.78, 5) is 13.8. The zero-order valence-electron chi connectivity index (χ0n) is 11.8. The smallest absolute Gasteiger partial charge is 0.261 e. The van der Waals surface area contributed by atoms with Gasteiger partial charge in [0.25, 0.3) is 5.91 Å².